The number of nitriles is 1. The molecule has 0 saturated carbocycles. The van der Waals surface area contributed by atoms with Crippen LogP contribution in [0.25, 0.3) is 0 Å². The summed E-state index contributed by atoms with van der Waals surface area (Å²) in [6.07, 6.45) is 7.25. The number of rotatable bonds is 4. The van der Waals surface area contributed by atoms with Gasteiger partial charge in [0.15, 0.2) is 0 Å². The Hall–Kier alpha value is -2.17. The van der Waals surface area contributed by atoms with Gasteiger partial charge in [0.25, 0.3) is 0 Å². The van der Waals surface area contributed by atoms with Crippen LogP contribution in [-0.4, -0.2) is 35.4 Å². The fourth-order valence-corrected chi connectivity index (χ4v) is 4.49. The third kappa shape index (κ3) is 3.44. The minimum Gasteiger partial charge on any atom is -0.337 e. The van der Waals surface area contributed by atoms with Crippen LogP contribution >= 0.6 is 0 Å². The zero-order valence-corrected chi connectivity index (χ0v) is 13.5. The van der Waals surface area contributed by atoms with Crippen molar-refractivity contribution in [2.45, 2.75) is 24.3 Å². The van der Waals surface area contributed by atoms with Crippen molar-refractivity contribution < 1.29 is 8.42 Å². The van der Waals surface area contributed by atoms with Gasteiger partial charge in [0.05, 0.1) is 22.9 Å². The van der Waals surface area contributed by atoms with Crippen molar-refractivity contribution in [1.82, 2.24) is 13.9 Å². The van der Waals surface area contributed by atoms with Gasteiger partial charge in [-0.2, -0.15) is 9.57 Å². The lowest BCUT2D eigenvalue weighted by Crippen LogP contribution is -2.40. The summed E-state index contributed by atoms with van der Waals surface area (Å²) in [6, 6.07) is 8.10. The molecule has 0 N–H and O–H groups in total. The Bertz CT molecular complexity index is 792. The molecular weight excluding hydrogens is 312 g/mol. The Labute approximate surface area is 136 Å². The molecule has 23 heavy (non-hydrogen) atoms. The van der Waals surface area contributed by atoms with Crippen LogP contribution in [0.15, 0.2) is 47.9 Å². The van der Waals surface area contributed by atoms with Crippen molar-refractivity contribution >= 4 is 10.0 Å². The molecule has 0 bridgehead atoms. The van der Waals surface area contributed by atoms with Crippen LogP contribution in [0.4, 0.5) is 0 Å². The van der Waals surface area contributed by atoms with Crippen molar-refractivity contribution in [2.24, 2.45) is 5.92 Å². The van der Waals surface area contributed by atoms with Gasteiger partial charge in [-0.15, -0.1) is 0 Å². The van der Waals surface area contributed by atoms with E-state index in [0.29, 0.717) is 18.7 Å². The third-order valence-corrected chi connectivity index (χ3v) is 6.01. The molecule has 0 aliphatic carbocycles. The van der Waals surface area contributed by atoms with Gasteiger partial charge in [0, 0.05) is 32.0 Å². The van der Waals surface area contributed by atoms with Gasteiger partial charge in [0.1, 0.15) is 0 Å². The van der Waals surface area contributed by atoms with Gasteiger partial charge in [-0.3, -0.25) is 0 Å². The molecule has 1 aromatic heterocycles. The van der Waals surface area contributed by atoms with Crippen LogP contribution in [0.3, 0.4) is 0 Å². The van der Waals surface area contributed by atoms with E-state index in [9.17, 15) is 8.42 Å². The highest BCUT2D eigenvalue weighted by Gasteiger charge is 2.30. The molecule has 2 heterocycles. The summed E-state index contributed by atoms with van der Waals surface area (Å²) in [5.74, 6) is 0.283. The SMILES string of the molecule is N#Cc1ccc(S(=O)(=O)N2CCCC(Cn3ccnc3)C2)cc1. The Morgan fingerprint density at radius 2 is 2.09 bits per heavy atom. The molecular formula is C16H18N4O2S. The first-order valence-corrected chi connectivity index (χ1v) is 8.99. The van der Waals surface area contributed by atoms with Crippen molar-refractivity contribution in [2.75, 3.05) is 13.1 Å². The van der Waals surface area contributed by atoms with Crippen LogP contribution < -0.4 is 0 Å². The monoisotopic (exact) mass is 330 g/mol. The van der Waals surface area contributed by atoms with Crippen LogP contribution in [0, 0.1) is 17.2 Å². The lowest BCUT2D eigenvalue weighted by atomic mass is 10.00. The second kappa shape index (κ2) is 6.52. The van der Waals surface area contributed by atoms with E-state index in [2.05, 4.69) is 4.98 Å². The average Bonchev–Trinajstić information content (AvgIpc) is 3.08. The zero-order valence-electron chi connectivity index (χ0n) is 12.7. The van der Waals surface area contributed by atoms with E-state index < -0.39 is 10.0 Å². The summed E-state index contributed by atoms with van der Waals surface area (Å²) in [5.41, 5.74) is 0.459. The maximum Gasteiger partial charge on any atom is 0.243 e. The van der Waals surface area contributed by atoms with Crippen molar-refractivity contribution in [1.29, 1.82) is 5.26 Å². The smallest absolute Gasteiger partial charge is 0.243 e. The van der Waals surface area contributed by atoms with Crippen LogP contribution in [-0.2, 0) is 16.6 Å². The molecule has 1 saturated heterocycles. The molecule has 7 heteroatoms. The first kappa shape index (κ1) is 15.7. The highest BCUT2D eigenvalue weighted by Crippen LogP contribution is 2.24. The minimum absolute atomic E-state index is 0.250. The van der Waals surface area contributed by atoms with E-state index in [-0.39, 0.29) is 10.8 Å². The third-order valence-electron chi connectivity index (χ3n) is 4.13. The Kier molecular flexibility index (Phi) is 4.46. The Balaban J connectivity index is 1.75. The van der Waals surface area contributed by atoms with Crippen molar-refractivity contribution in [3.05, 3.63) is 48.5 Å². The van der Waals surface area contributed by atoms with Gasteiger partial charge in [-0.25, -0.2) is 13.4 Å². The first-order valence-electron chi connectivity index (χ1n) is 7.55. The quantitative estimate of drug-likeness (QED) is 0.857. The number of aromatic nitrogens is 2. The maximum atomic E-state index is 12.8. The predicted molar refractivity (Wildman–Crippen MR) is 84.9 cm³/mol. The summed E-state index contributed by atoms with van der Waals surface area (Å²) in [6.45, 7) is 1.84. The van der Waals surface area contributed by atoms with Gasteiger partial charge in [-0.05, 0) is 43.0 Å². The molecule has 120 valence electrons. The van der Waals surface area contributed by atoms with E-state index in [4.69, 9.17) is 5.26 Å². The zero-order chi connectivity index (χ0) is 16.3. The normalized spacial score (nSPS) is 19.3. The van der Waals surface area contributed by atoms with Crippen molar-refractivity contribution in [3.8, 4) is 6.07 Å². The highest BCUT2D eigenvalue weighted by atomic mass is 32.2. The second-order valence-electron chi connectivity index (χ2n) is 5.77. The van der Waals surface area contributed by atoms with Crippen LogP contribution in [0.1, 0.15) is 18.4 Å². The first-order chi connectivity index (χ1) is 11.1. The van der Waals surface area contributed by atoms with Crippen LogP contribution in [0.2, 0.25) is 0 Å². The summed E-state index contributed by atoms with van der Waals surface area (Å²) >= 11 is 0. The van der Waals surface area contributed by atoms with Crippen molar-refractivity contribution in [3.63, 3.8) is 0 Å². The lowest BCUT2D eigenvalue weighted by Gasteiger charge is -2.32. The van der Waals surface area contributed by atoms with E-state index >= 15 is 0 Å². The molecule has 1 unspecified atom stereocenters. The van der Waals surface area contributed by atoms with E-state index in [1.165, 1.54) is 12.1 Å². The minimum atomic E-state index is -3.50. The second-order valence-corrected chi connectivity index (χ2v) is 7.70. The number of benzene rings is 1. The van der Waals surface area contributed by atoms with Gasteiger partial charge < -0.3 is 4.57 Å². The number of sulfonamides is 1. The number of piperidine rings is 1. The molecule has 2 aromatic rings. The average molecular weight is 330 g/mol. The molecule has 6 nitrogen and oxygen atoms in total. The topological polar surface area (TPSA) is 79.0 Å². The molecule has 1 aromatic carbocycles. The fourth-order valence-electron chi connectivity index (χ4n) is 2.94. The highest BCUT2D eigenvalue weighted by molar-refractivity contribution is 7.89. The summed E-state index contributed by atoms with van der Waals surface area (Å²) in [5, 5.41) is 8.82. The molecule has 0 radical (unpaired) electrons. The van der Waals surface area contributed by atoms with Gasteiger partial charge in [0.2, 0.25) is 10.0 Å². The Morgan fingerprint density at radius 1 is 1.30 bits per heavy atom. The standard InChI is InChI=1S/C16H18N4O2S/c17-10-14-3-5-16(6-4-14)23(21,22)20-8-1-2-15(12-20)11-19-9-7-18-13-19/h3-7,9,13,15H,1-2,8,11-12H2. The van der Waals surface area contributed by atoms with Gasteiger partial charge in [-0.1, -0.05) is 0 Å². The number of imidazole rings is 1. The maximum absolute atomic E-state index is 12.8. The van der Waals surface area contributed by atoms with Gasteiger partial charge >= 0.3 is 0 Å². The molecule has 0 spiro atoms. The fraction of sp³-hybridized carbons (Fsp3) is 0.375. The molecule has 1 atom stereocenters. The summed E-state index contributed by atoms with van der Waals surface area (Å²) < 4.78 is 29.1. The molecule has 0 amide bonds. The molecule has 3 rings (SSSR count). The largest absolute Gasteiger partial charge is 0.337 e. The number of hydrogen-bond donors (Lipinski definition) is 0. The molecule has 1 aliphatic rings. The predicted octanol–water partition coefficient (Wildman–Crippen LogP) is 1.86. The lowest BCUT2D eigenvalue weighted by molar-refractivity contribution is 0.245. The van der Waals surface area contributed by atoms with E-state index in [0.717, 1.165) is 19.4 Å². The van der Waals surface area contributed by atoms with E-state index in [1.54, 1.807) is 29.0 Å². The molecule has 1 aliphatic heterocycles. The summed E-state index contributed by atoms with van der Waals surface area (Å²) in [4.78, 5) is 4.27. The molecule has 1 fully saturated rings. The van der Waals surface area contributed by atoms with Crippen LogP contribution in [0.5, 0.6) is 0 Å². The Morgan fingerprint density at radius 3 is 2.74 bits per heavy atom. The van der Waals surface area contributed by atoms with E-state index in [1.807, 2.05) is 16.8 Å². The number of nitrogens with zero attached hydrogens (tertiary/aromatic N) is 4. The summed E-state index contributed by atoms with van der Waals surface area (Å²) in [7, 11) is -3.50. The number of hydrogen-bond acceptors (Lipinski definition) is 4.